The summed E-state index contributed by atoms with van der Waals surface area (Å²) in [6.45, 7) is 4.92. The Labute approximate surface area is 254 Å². The highest BCUT2D eigenvalue weighted by molar-refractivity contribution is 7.90. The van der Waals surface area contributed by atoms with Gasteiger partial charge in [0.25, 0.3) is 0 Å². The summed E-state index contributed by atoms with van der Waals surface area (Å²) < 4.78 is 58.0. The molecule has 9 nitrogen and oxygen atoms in total. The van der Waals surface area contributed by atoms with Crippen molar-refractivity contribution >= 4 is 27.1 Å². The van der Waals surface area contributed by atoms with E-state index in [1.807, 2.05) is 17.7 Å². The molecule has 3 aliphatic rings. The number of anilines is 1. The second-order valence-corrected chi connectivity index (χ2v) is 13.6. The number of hydrogen-bond acceptors (Lipinski definition) is 7. The topological polar surface area (TPSA) is 117 Å². The van der Waals surface area contributed by atoms with Crippen LogP contribution in [0.2, 0.25) is 0 Å². The number of halogens is 3. The molecule has 2 N–H and O–H groups in total. The monoisotopic (exact) mass is 631 g/mol. The lowest BCUT2D eigenvalue weighted by Gasteiger charge is -2.32. The molecule has 3 aromatic rings. The molecule has 0 radical (unpaired) electrons. The molecule has 1 aliphatic carbocycles. The highest BCUT2D eigenvalue weighted by Crippen LogP contribution is 2.39. The highest BCUT2D eigenvalue weighted by Gasteiger charge is 2.38. The maximum Gasteiger partial charge on any atom is 0.490 e. The SMILES string of the molecule is Cc1nnn2c1-c1ccc(C3=CCN(C4CCCC4)CC3)cc1C(Nc1cccc(S(C)(=O)=O)c1)CC2.O=C(O)C(F)(F)F. The van der Waals surface area contributed by atoms with Crippen LogP contribution < -0.4 is 5.32 Å². The third-order valence-corrected chi connectivity index (χ3v) is 9.62. The molecular weight excluding hydrogens is 595 g/mol. The predicted octanol–water partition coefficient (Wildman–Crippen LogP) is 5.88. The molecule has 13 heteroatoms. The van der Waals surface area contributed by atoms with Crippen LogP contribution in [0.3, 0.4) is 0 Å². The van der Waals surface area contributed by atoms with E-state index in [9.17, 15) is 21.6 Å². The molecule has 2 aliphatic heterocycles. The number of sulfone groups is 1. The fourth-order valence-corrected chi connectivity index (χ4v) is 6.95. The number of carboxylic acids is 1. The van der Waals surface area contributed by atoms with E-state index >= 15 is 0 Å². The molecule has 2 aromatic carbocycles. The van der Waals surface area contributed by atoms with Gasteiger partial charge < -0.3 is 10.4 Å². The number of nitrogens with one attached hydrogen (secondary N) is 1. The van der Waals surface area contributed by atoms with Gasteiger partial charge in [0.2, 0.25) is 0 Å². The fourth-order valence-electron chi connectivity index (χ4n) is 6.28. The lowest BCUT2D eigenvalue weighted by molar-refractivity contribution is -0.192. The van der Waals surface area contributed by atoms with Crippen LogP contribution in [-0.4, -0.2) is 71.0 Å². The molecule has 3 heterocycles. The van der Waals surface area contributed by atoms with Gasteiger partial charge in [0.05, 0.1) is 22.3 Å². The van der Waals surface area contributed by atoms with E-state index in [4.69, 9.17) is 9.90 Å². The van der Waals surface area contributed by atoms with E-state index in [2.05, 4.69) is 44.8 Å². The third kappa shape index (κ3) is 7.15. The predicted molar refractivity (Wildman–Crippen MR) is 161 cm³/mol. The van der Waals surface area contributed by atoms with Crippen molar-refractivity contribution in [3.63, 3.8) is 0 Å². The molecule has 1 atom stereocenters. The Morgan fingerprint density at radius 3 is 2.43 bits per heavy atom. The van der Waals surface area contributed by atoms with Gasteiger partial charge in [-0.1, -0.05) is 42.3 Å². The summed E-state index contributed by atoms with van der Waals surface area (Å²) in [4.78, 5) is 11.9. The standard InChI is InChI=1S/C29H35N5O2S.C2HF3O2/c1-20-29-26-11-10-22(21-12-15-33(16-13-21)24-7-3-4-8-24)18-27(26)28(14-17-34(29)32-31-20)30-23-6-5-9-25(19-23)37(2,35)36;3-2(4,5)1(6)7/h5-6,9-12,18-19,24,28,30H,3-4,7-8,13-17H2,1-2H3;(H,6,7). The molecule has 6 rings (SSSR count). The van der Waals surface area contributed by atoms with Crippen LogP contribution in [0.1, 0.15) is 61.4 Å². The van der Waals surface area contributed by atoms with Gasteiger partial charge in [-0.3, -0.25) is 4.90 Å². The van der Waals surface area contributed by atoms with Crippen LogP contribution in [0.15, 0.2) is 53.4 Å². The Hall–Kier alpha value is -3.71. The van der Waals surface area contributed by atoms with Gasteiger partial charge in [0.15, 0.2) is 9.84 Å². The maximum absolute atomic E-state index is 12.2. The summed E-state index contributed by atoms with van der Waals surface area (Å²) >= 11 is 0. The van der Waals surface area contributed by atoms with Gasteiger partial charge in [-0.2, -0.15) is 13.2 Å². The summed E-state index contributed by atoms with van der Waals surface area (Å²) in [6, 6.07) is 14.7. The summed E-state index contributed by atoms with van der Waals surface area (Å²) in [7, 11) is -3.28. The summed E-state index contributed by atoms with van der Waals surface area (Å²) in [5, 5.41) is 19.5. The van der Waals surface area contributed by atoms with E-state index in [0.29, 0.717) is 4.90 Å². The number of aliphatic carboxylic acids is 1. The number of alkyl halides is 3. The van der Waals surface area contributed by atoms with Gasteiger partial charge in [-0.15, -0.1) is 5.10 Å². The first kappa shape index (κ1) is 31.7. The molecule has 0 bridgehead atoms. The summed E-state index contributed by atoms with van der Waals surface area (Å²) in [6.07, 6.45) is 5.92. The van der Waals surface area contributed by atoms with Gasteiger partial charge >= 0.3 is 12.1 Å². The van der Waals surface area contributed by atoms with Crippen molar-refractivity contribution in [1.29, 1.82) is 0 Å². The van der Waals surface area contributed by atoms with E-state index < -0.39 is 22.0 Å². The lowest BCUT2D eigenvalue weighted by atomic mass is 9.90. The zero-order chi connectivity index (χ0) is 31.6. The number of aromatic nitrogens is 3. The number of hydrogen-bond donors (Lipinski definition) is 2. The van der Waals surface area contributed by atoms with Gasteiger partial charge in [-0.05, 0) is 73.6 Å². The van der Waals surface area contributed by atoms with Crippen LogP contribution in [0, 0.1) is 6.92 Å². The van der Waals surface area contributed by atoms with Gasteiger partial charge in [0, 0.05) is 43.2 Å². The number of rotatable bonds is 5. The molecule has 1 aromatic heterocycles. The van der Waals surface area contributed by atoms with Gasteiger partial charge in [-0.25, -0.2) is 17.9 Å². The minimum atomic E-state index is -5.08. The Balaban J connectivity index is 0.000000493. The zero-order valence-electron chi connectivity index (χ0n) is 24.6. The first-order chi connectivity index (χ1) is 20.8. The first-order valence-corrected chi connectivity index (χ1v) is 16.5. The molecule has 0 spiro atoms. The minimum Gasteiger partial charge on any atom is -0.475 e. The van der Waals surface area contributed by atoms with Crippen molar-refractivity contribution in [3.05, 3.63) is 65.4 Å². The summed E-state index contributed by atoms with van der Waals surface area (Å²) in [5.74, 6) is -2.76. The second kappa shape index (κ2) is 12.7. The summed E-state index contributed by atoms with van der Waals surface area (Å²) in [5.41, 5.74) is 7.86. The van der Waals surface area contributed by atoms with Crippen molar-refractivity contribution < 1.29 is 31.5 Å². The molecule has 1 unspecified atom stereocenters. The number of carboxylic acid groups (broad SMARTS) is 1. The largest absolute Gasteiger partial charge is 0.490 e. The molecule has 44 heavy (non-hydrogen) atoms. The van der Waals surface area contributed by atoms with Crippen LogP contribution in [0.25, 0.3) is 16.8 Å². The normalized spacial score (nSPS) is 19.2. The second-order valence-electron chi connectivity index (χ2n) is 11.5. The Morgan fingerprint density at radius 1 is 1.07 bits per heavy atom. The third-order valence-electron chi connectivity index (χ3n) is 8.51. The quantitative estimate of drug-likeness (QED) is 0.359. The van der Waals surface area contributed by atoms with Crippen LogP contribution in [0.5, 0.6) is 0 Å². The molecule has 1 saturated carbocycles. The average molecular weight is 632 g/mol. The molecule has 1 fully saturated rings. The van der Waals surface area contributed by atoms with Crippen LogP contribution in [0.4, 0.5) is 18.9 Å². The Morgan fingerprint density at radius 2 is 1.80 bits per heavy atom. The zero-order valence-corrected chi connectivity index (χ0v) is 25.5. The van der Waals surface area contributed by atoms with Crippen molar-refractivity contribution in [1.82, 2.24) is 19.9 Å². The van der Waals surface area contributed by atoms with Crippen molar-refractivity contribution in [2.45, 2.75) is 75.1 Å². The molecule has 0 saturated heterocycles. The number of carbonyl (C=O) groups is 1. The van der Waals surface area contributed by atoms with Crippen molar-refractivity contribution in [2.24, 2.45) is 0 Å². The lowest BCUT2D eigenvalue weighted by Crippen LogP contribution is -2.36. The van der Waals surface area contributed by atoms with E-state index in [0.717, 1.165) is 61.2 Å². The van der Waals surface area contributed by atoms with Crippen molar-refractivity contribution in [2.75, 3.05) is 24.7 Å². The number of benzene rings is 2. The number of fused-ring (bicyclic) bond motifs is 3. The average Bonchev–Trinajstić information content (AvgIpc) is 3.62. The molecular formula is C31H36F3N5O4S. The smallest absolute Gasteiger partial charge is 0.475 e. The Bertz CT molecular complexity index is 1660. The van der Waals surface area contributed by atoms with Crippen LogP contribution in [-0.2, 0) is 21.2 Å². The van der Waals surface area contributed by atoms with E-state index in [-0.39, 0.29) is 6.04 Å². The molecule has 0 amide bonds. The number of nitrogens with zero attached hydrogens (tertiary/aromatic N) is 4. The van der Waals surface area contributed by atoms with Crippen molar-refractivity contribution in [3.8, 4) is 11.3 Å². The maximum atomic E-state index is 12.2. The number of aryl methyl sites for hydroxylation is 2. The van der Waals surface area contributed by atoms with Gasteiger partial charge in [0.1, 0.15) is 0 Å². The first-order valence-electron chi connectivity index (χ1n) is 14.7. The Kier molecular flexibility index (Phi) is 9.17. The van der Waals surface area contributed by atoms with Crippen LogP contribution >= 0.6 is 0 Å². The van der Waals surface area contributed by atoms with E-state index in [1.165, 1.54) is 48.6 Å². The highest BCUT2D eigenvalue weighted by atomic mass is 32.2. The fraction of sp³-hybridized carbons (Fsp3) is 0.452. The minimum absolute atomic E-state index is 0.0186. The van der Waals surface area contributed by atoms with E-state index in [1.54, 1.807) is 18.2 Å². The molecule has 236 valence electrons.